The maximum Gasteiger partial charge on any atom is 0.326 e. The largest absolute Gasteiger partial charge is 0.390 e. The van der Waals surface area contributed by atoms with Gasteiger partial charge in [0.25, 0.3) is 0 Å². The van der Waals surface area contributed by atoms with Gasteiger partial charge in [0.2, 0.25) is 0 Å². The lowest BCUT2D eigenvalue weighted by atomic mass is 10.0. The molecule has 0 saturated carbocycles. The van der Waals surface area contributed by atoms with Crippen molar-refractivity contribution in [1.82, 2.24) is 14.9 Å². The Bertz CT molecular complexity index is 634. The molecule has 0 aliphatic carbocycles. The molecule has 2 heterocycles. The molecule has 2 unspecified atom stereocenters. The van der Waals surface area contributed by atoms with Gasteiger partial charge in [-0.2, -0.15) is 0 Å². The second-order valence-electron chi connectivity index (χ2n) is 4.59. The number of halogens is 1. The van der Waals surface area contributed by atoms with Crippen LogP contribution in [0.2, 0.25) is 5.02 Å². The molecule has 2 aromatic rings. The van der Waals surface area contributed by atoms with Crippen molar-refractivity contribution in [1.29, 1.82) is 0 Å². The van der Waals surface area contributed by atoms with Crippen LogP contribution in [0.15, 0.2) is 23.0 Å². The molecule has 0 amide bonds. The number of aromatic amines is 1. The molecule has 0 bridgehead atoms. The molecule has 1 aliphatic rings. The molecule has 1 aromatic carbocycles. The van der Waals surface area contributed by atoms with Crippen molar-refractivity contribution < 1.29 is 5.11 Å². The van der Waals surface area contributed by atoms with Crippen LogP contribution in [0.1, 0.15) is 12.5 Å². The van der Waals surface area contributed by atoms with Gasteiger partial charge in [-0.3, -0.25) is 4.57 Å². The zero-order chi connectivity index (χ0) is 12.7. The van der Waals surface area contributed by atoms with Gasteiger partial charge in [-0.15, -0.1) is 0 Å². The molecule has 1 aromatic heterocycles. The quantitative estimate of drug-likeness (QED) is 0.718. The molecule has 3 N–H and O–H groups in total. The first kappa shape index (κ1) is 11.8. The molecule has 1 saturated heterocycles. The fourth-order valence-electron chi connectivity index (χ4n) is 2.56. The van der Waals surface area contributed by atoms with Crippen LogP contribution in [-0.2, 0) is 0 Å². The highest BCUT2D eigenvalue weighted by Gasteiger charge is 2.27. The summed E-state index contributed by atoms with van der Waals surface area (Å²) < 4.78 is 1.64. The Kier molecular flexibility index (Phi) is 2.89. The van der Waals surface area contributed by atoms with Crippen LogP contribution in [0.4, 0.5) is 0 Å². The van der Waals surface area contributed by atoms with E-state index in [1.54, 1.807) is 16.7 Å². The van der Waals surface area contributed by atoms with E-state index in [1.165, 1.54) is 0 Å². The number of nitrogens with one attached hydrogen (secondary N) is 2. The molecule has 3 rings (SSSR count). The van der Waals surface area contributed by atoms with E-state index in [1.807, 2.05) is 6.07 Å². The van der Waals surface area contributed by atoms with Crippen LogP contribution in [-0.4, -0.2) is 33.9 Å². The first-order chi connectivity index (χ1) is 8.66. The van der Waals surface area contributed by atoms with E-state index in [0.29, 0.717) is 17.1 Å². The molecular formula is C12H14ClN3O2. The second-order valence-corrected chi connectivity index (χ2v) is 5.03. The Balaban J connectivity index is 2.16. The highest BCUT2D eigenvalue weighted by molar-refractivity contribution is 6.31. The zero-order valence-electron chi connectivity index (χ0n) is 9.69. The van der Waals surface area contributed by atoms with Crippen molar-refractivity contribution >= 4 is 22.6 Å². The summed E-state index contributed by atoms with van der Waals surface area (Å²) in [6.45, 7) is 1.31. The standard InChI is InChI=1S/C12H14ClN3O2/c13-7-1-2-9-8(5-7)15-12(18)16(9)10-3-4-14-6-11(10)17/h1-2,5,10-11,14,17H,3-4,6H2,(H,15,18). The third-order valence-corrected chi connectivity index (χ3v) is 3.66. The third-order valence-electron chi connectivity index (χ3n) is 3.42. The fraction of sp³-hybridized carbons (Fsp3) is 0.417. The maximum atomic E-state index is 12.0. The Morgan fingerprint density at radius 2 is 2.28 bits per heavy atom. The number of piperidine rings is 1. The van der Waals surface area contributed by atoms with Crippen molar-refractivity contribution in [3.05, 3.63) is 33.7 Å². The number of aliphatic hydroxyl groups excluding tert-OH is 1. The first-order valence-electron chi connectivity index (χ1n) is 5.95. The second kappa shape index (κ2) is 4.42. The van der Waals surface area contributed by atoms with E-state index in [2.05, 4.69) is 10.3 Å². The number of fused-ring (bicyclic) bond motifs is 1. The van der Waals surface area contributed by atoms with Crippen LogP contribution in [0.3, 0.4) is 0 Å². The molecule has 18 heavy (non-hydrogen) atoms. The minimum absolute atomic E-state index is 0.186. The van der Waals surface area contributed by atoms with Crippen molar-refractivity contribution in [2.75, 3.05) is 13.1 Å². The molecule has 0 spiro atoms. The highest BCUT2D eigenvalue weighted by atomic mass is 35.5. The van der Waals surface area contributed by atoms with E-state index >= 15 is 0 Å². The first-order valence-corrected chi connectivity index (χ1v) is 6.33. The van der Waals surface area contributed by atoms with E-state index in [4.69, 9.17) is 11.6 Å². The van der Waals surface area contributed by atoms with Gasteiger partial charge in [0, 0.05) is 11.6 Å². The number of benzene rings is 1. The van der Waals surface area contributed by atoms with Crippen LogP contribution in [0.5, 0.6) is 0 Å². The molecule has 2 atom stereocenters. The molecule has 5 nitrogen and oxygen atoms in total. The Morgan fingerprint density at radius 1 is 1.44 bits per heavy atom. The number of imidazole rings is 1. The Labute approximate surface area is 108 Å². The lowest BCUT2D eigenvalue weighted by Crippen LogP contribution is -2.43. The smallest absolute Gasteiger partial charge is 0.326 e. The number of hydrogen-bond donors (Lipinski definition) is 3. The van der Waals surface area contributed by atoms with E-state index in [0.717, 1.165) is 18.5 Å². The predicted molar refractivity (Wildman–Crippen MR) is 70.1 cm³/mol. The normalized spacial score (nSPS) is 24.6. The van der Waals surface area contributed by atoms with Gasteiger partial charge in [-0.1, -0.05) is 11.6 Å². The van der Waals surface area contributed by atoms with Crippen molar-refractivity contribution in [2.24, 2.45) is 0 Å². The Morgan fingerprint density at radius 3 is 3.06 bits per heavy atom. The van der Waals surface area contributed by atoms with Gasteiger partial charge in [0.1, 0.15) is 0 Å². The van der Waals surface area contributed by atoms with Crippen LogP contribution < -0.4 is 11.0 Å². The van der Waals surface area contributed by atoms with Gasteiger partial charge < -0.3 is 15.4 Å². The van der Waals surface area contributed by atoms with E-state index in [-0.39, 0.29) is 11.7 Å². The number of rotatable bonds is 1. The number of nitrogens with zero attached hydrogens (tertiary/aromatic N) is 1. The molecule has 1 fully saturated rings. The van der Waals surface area contributed by atoms with Crippen molar-refractivity contribution in [3.63, 3.8) is 0 Å². The zero-order valence-corrected chi connectivity index (χ0v) is 10.4. The van der Waals surface area contributed by atoms with Gasteiger partial charge in [-0.05, 0) is 31.2 Å². The highest BCUT2D eigenvalue weighted by Crippen LogP contribution is 2.24. The summed E-state index contributed by atoms with van der Waals surface area (Å²) in [7, 11) is 0. The summed E-state index contributed by atoms with van der Waals surface area (Å²) in [6.07, 6.45) is 0.183. The van der Waals surface area contributed by atoms with Gasteiger partial charge in [0.15, 0.2) is 0 Å². The van der Waals surface area contributed by atoms with E-state index < -0.39 is 6.10 Å². The predicted octanol–water partition coefficient (Wildman–Crippen LogP) is 0.878. The molecular weight excluding hydrogens is 254 g/mol. The lowest BCUT2D eigenvalue weighted by Gasteiger charge is -2.29. The molecule has 1 aliphatic heterocycles. The average molecular weight is 268 g/mol. The minimum Gasteiger partial charge on any atom is -0.390 e. The summed E-state index contributed by atoms with van der Waals surface area (Å²) in [5.41, 5.74) is 1.30. The average Bonchev–Trinajstić information content (AvgIpc) is 2.65. The summed E-state index contributed by atoms with van der Waals surface area (Å²) in [6, 6.07) is 5.10. The molecule has 0 radical (unpaired) electrons. The van der Waals surface area contributed by atoms with Gasteiger partial charge in [-0.25, -0.2) is 4.79 Å². The summed E-state index contributed by atoms with van der Waals surface area (Å²) >= 11 is 5.90. The summed E-state index contributed by atoms with van der Waals surface area (Å²) in [5.74, 6) is 0. The van der Waals surface area contributed by atoms with Crippen LogP contribution in [0, 0.1) is 0 Å². The van der Waals surface area contributed by atoms with E-state index in [9.17, 15) is 9.90 Å². The minimum atomic E-state index is -0.550. The van der Waals surface area contributed by atoms with Crippen molar-refractivity contribution in [2.45, 2.75) is 18.6 Å². The third kappa shape index (κ3) is 1.84. The molecule has 6 heteroatoms. The van der Waals surface area contributed by atoms with Gasteiger partial charge >= 0.3 is 5.69 Å². The number of aliphatic hydroxyl groups is 1. The van der Waals surface area contributed by atoms with Gasteiger partial charge in [0.05, 0.1) is 23.2 Å². The van der Waals surface area contributed by atoms with Crippen LogP contribution in [0.25, 0.3) is 11.0 Å². The monoisotopic (exact) mass is 267 g/mol. The number of H-pyrrole nitrogens is 1. The number of hydrogen-bond acceptors (Lipinski definition) is 3. The summed E-state index contributed by atoms with van der Waals surface area (Å²) in [5, 5.41) is 13.7. The SMILES string of the molecule is O=c1[nH]c2cc(Cl)ccc2n1C1CCNCC1O. The Hall–Kier alpha value is -1.30. The fourth-order valence-corrected chi connectivity index (χ4v) is 2.73. The van der Waals surface area contributed by atoms with Crippen LogP contribution >= 0.6 is 11.6 Å². The van der Waals surface area contributed by atoms with Crippen molar-refractivity contribution in [3.8, 4) is 0 Å². The molecule has 96 valence electrons. The topological polar surface area (TPSA) is 70.0 Å². The lowest BCUT2D eigenvalue weighted by molar-refractivity contribution is 0.0876. The maximum absolute atomic E-state index is 12.0. The number of aromatic nitrogens is 2. The summed E-state index contributed by atoms with van der Waals surface area (Å²) in [4.78, 5) is 14.8. The number of β-amino-alcohol motifs (C(OH)–C–C–N with tert-alkyl or cyclic N) is 1.